The van der Waals surface area contributed by atoms with Gasteiger partial charge in [-0.2, -0.15) is 5.10 Å². The minimum atomic E-state index is -0.447. The fraction of sp³-hybridized carbons (Fsp3) is 0.261. The fourth-order valence-corrected chi connectivity index (χ4v) is 4.42. The van der Waals surface area contributed by atoms with Crippen LogP contribution in [0.3, 0.4) is 0 Å². The highest BCUT2D eigenvalue weighted by Crippen LogP contribution is 2.34. The molecule has 0 spiro atoms. The Kier molecular flexibility index (Phi) is 4.34. The van der Waals surface area contributed by atoms with E-state index in [1.54, 1.807) is 24.8 Å². The summed E-state index contributed by atoms with van der Waals surface area (Å²) in [7, 11) is 0. The maximum Gasteiger partial charge on any atom is 0.161 e. The number of aromatic nitrogens is 7. The number of hydrogen-bond donors (Lipinski definition) is 2. The molecular formula is C23H21FN8. The van der Waals surface area contributed by atoms with Gasteiger partial charge in [0.05, 0.1) is 22.6 Å². The van der Waals surface area contributed by atoms with Crippen LogP contribution in [0.1, 0.15) is 24.8 Å². The molecule has 1 aliphatic heterocycles. The van der Waals surface area contributed by atoms with Crippen LogP contribution in [0.4, 0.5) is 10.2 Å². The van der Waals surface area contributed by atoms with E-state index in [1.165, 1.54) is 6.42 Å². The Morgan fingerprint density at radius 1 is 0.969 bits per heavy atom. The zero-order valence-corrected chi connectivity index (χ0v) is 17.6. The van der Waals surface area contributed by atoms with Crippen molar-refractivity contribution in [3.63, 3.8) is 0 Å². The minimum Gasteiger partial charge on any atom is -0.355 e. The van der Waals surface area contributed by atoms with Gasteiger partial charge >= 0.3 is 0 Å². The maximum absolute atomic E-state index is 15.7. The van der Waals surface area contributed by atoms with E-state index in [4.69, 9.17) is 4.98 Å². The van der Waals surface area contributed by atoms with Gasteiger partial charge in [-0.25, -0.2) is 14.4 Å². The van der Waals surface area contributed by atoms with Crippen molar-refractivity contribution >= 4 is 27.8 Å². The number of piperidine rings is 1. The molecule has 5 aromatic heterocycles. The number of pyridine rings is 3. The lowest BCUT2D eigenvalue weighted by Crippen LogP contribution is -2.30. The molecule has 0 amide bonds. The SMILES string of the molecule is Cc1ccncc1-c1ncc2[nH]nc(-c3nc4c(N5CCCCC5)nccc4[nH]3)c2c1F. The second kappa shape index (κ2) is 7.37. The molecule has 6 heterocycles. The summed E-state index contributed by atoms with van der Waals surface area (Å²) >= 11 is 0. The van der Waals surface area contributed by atoms with Gasteiger partial charge < -0.3 is 9.88 Å². The van der Waals surface area contributed by atoms with Gasteiger partial charge in [0.1, 0.15) is 16.9 Å². The Labute approximate surface area is 183 Å². The predicted molar refractivity (Wildman–Crippen MR) is 121 cm³/mol. The predicted octanol–water partition coefficient (Wildman–Crippen LogP) is 4.40. The zero-order chi connectivity index (χ0) is 21.7. The number of hydrogen-bond acceptors (Lipinski definition) is 6. The van der Waals surface area contributed by atoms with Crippen LogP contribution in [-0.2, 0) is 0 Å². The molecule has 0 unspecified atom stereocenters. The number of imidazole rings is 1. The Bertz CT molecular complexity index is 1450. The molecule has 9 heteroatoms. The Balaban J connectivity index is 1.51. The molecule has 0 bridgehead atoms. The first-order chi connectivity index (χ1) is 15.7. The molecule has 2 N–H and O–H groups in total. The normalized spacial score (nSPS) is 14.5. The Morgan fingerprint density at radius 3 is 2.69 bits per heavy atom. The van der Waals surface area contributed by atoms with Gasteiger partial charge in [0.25, 0.3) is 0 Å². The van der Waals surface area contributed by atoms with E-state index >= 15 is 4.39 Å². The van der Waals surface area contributed by atoms with Crippen molar-refractivity contribution in [2.24, 2.45) is 0 Å². The molecule has 0 radical (unpaired) electrons. The van der Waals surface area contributed by atoms with Gasteiger partial charge in [-0.1, -0.05) is 0 Å². The first-order valence-corrected chi connectivity index (χ1v) is 10.7. The number of rotatable bonds is 3. The smallest absolute Gasteiger partial charge is 0.161 e. The molecule has 6 rings (SSSR count). The van der Waals surface area contributed by atoms with Crippen LogP contribution in [-0.4, -0.2) is 48.2 Å². The molecule has 1 fully saturated rings. The maximum atomic E-state index is 15.7. The molecule has 160 valence electrons. The van der Waals surface area contributed by atoms with Crippen molar-refractivity contribution in [1.29, 1.82) is 0 Å². The summed E-state index contributed by atoms with van der Waals surface area (Å²) in [5, 5.41) is 7.61. The average molecular weight is 428 g/mol. The first kappa shape index (κ1) is 18.9. The first-order valence-electron chi connectivity index (χ1n) is 10.7. The van der Waals surface area contributed by atoms with Gasteiger partial charge in [0.15, 0.2) is 17.5 Å². The van der Waals surface area contributed by atoms with Crippen LogP contribution >= 0.6 is 0 Å². The summed E-state index contributed by atoms with van der Waals surface area (Å²) in [5.41, 5.74) is 4.36. The van der Waals surface area contributed by atoms with Crippen LogP contribution in [0.2, 0.25) is 0 Å². The summed E-state index contributed by atoms with van der Waals surface area (Å²) in [5.74, 6) is 0.909. The number of H-pyrrole nitrogens is 2. The van der Waals surface area contributed by atoms with E-state index in [1.807, 2.05) is 19.1 Å². The third-order valence-electron chi connectivity index (χ3n) is 6.10. The van der Waals surface area contributed by atoms with E-state index in [-0.39, 0.29) is 5.69 Å². The molecule has 0 aromatic carbocycles. The number of aromatic amines is 2. The van der Waals surface area contributed by atoms with Crippen molar-refractivity contribution in [3.8, 4) is 22.8 Å². The summed E-state index contributed by atoms with van der Waals surface area (Å²) in [6.45, 7) is 3.84. The summed E-state index contributed by atoms with van der Waals surface area (Å²) in [4.78, 5) is 23.4. The van der Waals surface area contributed by atoms with Crippen molar-refractivity contribution in [2.45, 2.75) is 26.2 Å². The number of nitrogens with one attached hydrogen (secondary N) is 2. The number of anilines is 1. The molecule has 32 heavy (non-hydrogen) atoms. The molecule has 0 aliphatic carbocycles. The van der Waals surface area contributed by atoms with Crippen molar-refractivity contribution in [1.82, 2.24) is 35.1 Å². The fourth-order valence-electron chi connectivity index (χ4n) is 4.42. The number of fused-ring (bicyclic) bond motifs is 2. The van der Waals surface area contributed by atoms with Crippen molar-refractivity contribution < 1.29 is 4.39 Å². The van der Waals surface area contributed by atoms with Crippen molar-refractivity contribution in [3.05, 3.63) is 48.3 Å². The monoisotopic (exact) mass is 428 g/mol. The standard InChI is InChI=1S/C23H21FN8/c1-13-5-7-25-11-14(13)19-18(24)17-16(12-27-19)30-31-21(17)22-28-15-6-8-26-23(20(15)29-22)32-9-3-2-4-10-32/h5-8,11-12H,2-4,9-10H2,1H3,(H,28,29)(H,30,31). The van der Waals surface area contributed by atoms with E-state index in [9.17, 15) is 0 Å². The third-order valence-corrected chi connectivity index (χ3v) is 6.10. The quantitative estimate of drug-likeness (QED) is 0.442. The highest BCUT2D eigenvalue weighted by molar-refractivity contribution is 5.96. The Morgan fingerprint density at radius 2 is 1.84 bits per heavy atom. The van der Waals surface area contributed by atoms with E-state index in [2.05, 4.69) is 35.0 Å². The van der Waals surface area contributed by atoms with E-state index < -0.39 is 5.82 Å². The zero-order valence-electron chi connectivity index (χ0n) is 17.6. The number of nitrogens with zero attached hydrogens (tertiary/aromatic N) is 6. The molecule has 0 atom stereocenters. The van der Waals surface area contributed by atoms with Gasteiger partial charge in [0, 0.05) is 37.2 Å². The molecule has 5 aromatic rings. The second-order valence-electron chi connectivity index (χ2n) is 8.14. The van der Waals surface area contributed by atoms with Gasteiger partial charge in [0.2, 0.25) is 0 Å². The molecule has 1 aliphatic rings. The minimum absolute atomic E-state index is 0.248. The van der Waals surface area contributed by atoms with Crippen LogP contribution in [0.5, 0.6) is 0 Å². The van der Waals surface area contributed by atoms with Crippen LogP contribution in [0.15, 0.2) is 36.9 Å². The highest BCUT2D eigenvalue weighted by Gasteiger charge is 2.23. The summed E-state index contributed by atoms with van der Waals surface area (Å²) in [6.07, 6.45) is 10.2. The Hall–Kier alpha value is -3.88. The van der Waals surface area contributed by atoms with Crippen LogP contribution in [0, 0.1) is 12.7 Å². The summed E-state index contributed by atoms with van der Waals surface area (Å²) < 4.78 is 15.7. The van der Waals surface area contributed by atoms with Gasteiger partial charge in [-0.05, 0) is 43.9 Å². The topological polar surface area (TPSA) is 99.3 Å². The molecule has 1 saturated heterocycles. The van der Waals surface area contributed by atoms with E-state index in [0.29, 0.717) is 28.0 Å². The second-order valence-corrected chi connectivity index (χ2v) is 8.14. The van der Waals surface area contributed by atoms with Crippen LogP contribution < -0.4 is 4.90 Å². The highest BCUT2D eigenvalue weighted by atomic mass is 19.1. The lowest BCUT2D eigenvalue weighted by molar-refractivity contribution is 0.574. The molecule has 8 nitrogen and oxygen atoms in total. The van der Waals surface area contributed by atoms with E-state index in [0.717, 1.165) is 48.3 Å². The van der Waals surface area contributed by atoms with Crippen LogP contribution in [0.25, 0.3) is 44.7 Å². The largest absolute Gasteiger partial charge is 0.355 e. The van der Waals surface area contributed by atoms with Gasteiger partial charge in [-0.15, -0.1) is 0 Å². The molecular weight excluding hydrogens is 407 g/mol. The number of halogens is 1. The number of aryl methyl sites for hydroxylation is 1. The average Bonchev–Trinajstić information content (AvgIpc) is 3.45. The lowest BCUT2D eigenvalue weighted by atomic mass is 10.1. The van der Waals surface area contributed by atoms with Crippen molar-refractivity contribution in [2.75, 3.05) is 18.0 Å². The third kappa shape index (κ3) is 2.92. The van der Waals surface area contributed by atoms with Gasteiger partial charge in [-0.3, -0.25) is 15.1 Å². The summed E-state index contributed by atoms with van der Waals surface area (Å²) in [6, 6.07) is 3.72. The lowest BCUT2D eigenvalue weighted by Gasteiger charge is -2.27. The molecule has 0 saturated carbocycles.